The second-order valence-electron chi connectivity index (χ2n) is 4.45. The number of rotatable bonds is 6. The van der Waals surface area contributed by atoms with Crippen molar-refractivity contribution in [3.63, 3.8) is 0 Å². The van der Waals surface area contributed by atoms with Crippen LogP contribution in [-0.4, -0.2) is 15.5 Å². The highest BCUT2D eigenvalue weighted by Crippen LogP contribution is 2.31. The van der Waals surface area contributed by atoms with Crippen LogP contribution >= 0.6 is 43.6 Å². The molecule has 2 N–H and O–H groups in total. The second-order valence-corrected chi connectivity index (χ2v) is 7.22. The Bertz CT molecular complexity index is 571. The zero-order chi connectivity index (χ0) is 14.5. The van der Waals surface area contributed by atoms with Gasteiger partial charge in [-0.25, -0.2) is 0 Å². The molecule has 1 unspecified atom stereocenters. The summed E-state index contributed by atoms with van der Waals surface area (Å²) < 4.78 is 4.10. The average Bonchev–Trinajstić information content (AvgIpc) is 2.79. The highest BCUT2D eigenvalue weighted by Gasteiger charge is 2.17. The molecule has 0 aliphatic rings. The number of hydrogen-bond donors (Lipinski definition) is 1. The first-order valence-electron chi connectivity index (χ1n) is 6.47. The summed E-state index contributed by atoms with van der Waals surface area (Å²) in [6.45, 7) is 3.04. The average molecular weight is 419 g/mol. The van der Waals surface area contributed by atoms with E-state index in [1.165, 1.54) is 4.90 Å². The molecule has 1 heterocycles. The number of aromatic nitrogens is 2. The van der Waals surface area contributed by atoms with Crippen molar-refractivity contribution in [1.82, 2.24) is 9.78 Å². The van der Waals surface area contributed by atoms with Crippen molar-refractivity contribution >= 4 is 43.6 Å². The molecule has 0 aliphatic carbocycles. The van der Waals surface area contributed by atoms with Crippen LogP contribution in [0.15, 0.2) is 44.3 Å². The number of benzene rings is 1. The lowest BCUT2D eigenvalue weighted by Crippen LogP contribution is -2.19. The summed E-state index contributed by atoms with van der Waals surface area (Å²) in [5, 5.41) is 4.37. The second kappa shape index (κ2) is 7.64. The zero-order valence-electron chi connectivity index (χ0n) is 11.2. The summed E-state index contributed by atoms with van der Waals surface area (Å²) >= 11 is 8.86. The molecule has 0 spiro atoms. The molecule has 108 valence electrons. The Hall–Kier alpha value is -0.300. The number of thioether (sulfide) groups is 1. The van der Waals surface area contributed by atoms with Gasteiger partial charge in [0.25, 0.3) is 0 Å². The van der Waals surface area contributed by atoms with Crippen molar-refractivity contribution in [3.05, 3.63) is 45.1 Å². The summed E-state index contributed by atoms with van der Waals surface area (Å²) in [4.78, 5) is 1.21. The maximum atomic E-state index is 6.34. The number of nitrogens with two attached hydrogens (primary N) is 1. The summed E-state index contributed by atoms with van der Waals surface area (Å²) in [5.74, 6) is 0.816. The van der Waals surface area contributed by atoms with E-state index in [-0.39, 0.29) is 6.04 Å². The molecule has 1 aromatic heterocycles. The highest BCUT2D eigenvalue weighted by atomic mass is 79.9. The Morgan fingerprint density at radius 2 is 2.05 bits per heavy atom. The van der Waals surface area contributed by atoms with Gasteiger partial charge in [-0.2, -0.15) is 5.10 Å². The molecule has 20 heavy (non-hydrogen) atoms. The van der Waals surface area contributed by atoms with Crippen LogP contribution < -0.4 is 5.73 Å². The van der Waals surface area contributed by atoms with E-state index in [4.69, 9.17) is 5.73 Å². The van der Waals surface area contributed by atoms with Crippen molar-refractivity contribution < 1.29 is 0 Å². The van der Waals surface area contributed by atoms with Gasteiger partial charge in [0.05, 0.1) is 22.4 Å². The minimum Gasteiger partial charge on any atom is -0.322 e. The minimum atomic E-state index is -0.0458. The van der Waals surface area contributed by atoms with Crippen LogP contribution in [0.25, 0.3) is 0 Å². The van der Waals surface area contributed by atoms with Gasteiger partial charge in [0.2, 0.25) is 0 Å². The first-order chi connectivity index (χ1) is 9.63. The summed E-state index contributed by atoms with van der Waals surface area (Å²) in [5.41, 5.74) is 7.42. The first kappa shape index (κ1) is 16.1. The van der Waals surface area contributed by atoms with Gasteiger partial charge in [0.1, 0.15) is 0 Å². The SMILES string of the molecule is CCCn1ncc(Br)c1C(N)CSc1ccccc1Br. The number of halogens is 2. The van der Waals surface area contributed by atoms with E-state index >= 15 is 0 Å². The molecule has 1 aromatic carbocycles. The summed E-state index contributed by atoms with van der Waals surface area (Å²) in [6.07, 6.45) is 2.87. The molecule has 0 radical (unpaired) electrons. The molecular formula is C14H17Br2N3S. The molecule has 6 heteroatoms. The quantitative estimate of drug-likeness (QED) is 0.696. The minimum absolute atomic E-state index is 0.0458. The monoisotopic (exact) mass is 417 g/mol. The van der Waals surface area contributed by atoms with Crippen LogP contribution in [0, 0.1) is 0 Å². The largest absolute Gasteiger partial charge is 0.322 e. The molecule has 0 amide bonds. The van der Waals surface area contributed by atoms with Crippen LogP contribution in [0.4, 0.5) is 0 Å². The molecule has 0 aliphatic heterocycles. The fraction of sp³-hybridized carbons (Fsp3) is 0.357. The van der Waals surface area contributed by atoms with Crippen LogP contribution in [0.5, 0.6) is 0 Å². The number of hydrogen-bond acceptors (Lipinski definition) is 3. The normalized spacial score (nSPS) is 12.6. The van der Waals surface area contributed by atoms with Gasteiger partial charge in [-0.05, 0) is 50.4 Å². The summed E-state index contributed by atoms with van der Waals surface area (Å²) in [7, 11) is 0. The van der Waals surface area contributed by atoms with Crippen LogP contribution in [0.2, 0.25) is 0 Å². The van der Waals surface area contributed by atoms with Gasteiger partial charge >= 0.3 is 0 Å². The Labute approximate surface area is 140 Å². The molecule has 0 saturated heterocycles. The lowest BCUT2D eigenvalue weighted by molar-refractivity contribution is 0.553. The van der Waals surface area contributed by atoms with E-state index in [0.29, 0.717) is 0 Å². The number of aryl methyl sites for hydroxylation is 1. The van der Waals surface area contributed by atoms with Gasteiger partial charge in [-0.15, -0.1) is 11.8 Å². The first-order valence-corrected chi connectivity index (χ1v) is 9.04. The van der Waals surface area contributed by atoms with Gasteiger partial charge in [-0.3, -0.25) is 4.68 Å². The predicted octanol–water partition coefficient (Wildman–Crippen LogP) is 4.61. The standard InChI is InChI=1S/C14H17Br2N3S/c1-2-7-19-14(11(16)8-18-19)12(17)9-20-13-6-4-3-5-10(13)15/h3-6,8,12H,2,7,9,17H2,1H3. The highest BCUT2D eigenvalue weighted by molar-refractivity contribution is 9.10. The Kier molecular flexibility index (Phi) is 6.14. The van der Waals surface area contributed by atoms with Gasteiger partial charge in [0.15, 0.2) is 0 Å². The number of nitrogens with zero attached hydrogens (tertiary/aromatic N) is 2. The Morgan fingerprint density at radius 3 is 2.75 bits per heavy atom. The van der Waals surface area contributed by atoms with E-state index in [1.54, 1.807) is 11.8 Å². The van der Waals surface area contributed by atoms with Crippen molar-refractivity contribution in [2.45, 2.75) is 30.8 Å². The maximum Gasteiger partial charge on any atom is 0.0702 e. The molecule has 2 aromatic rings. The van der Waals surface area contributed by atoms with E-state index in [9.17, 15) is 0 Å². The topological polar surface area (TPSA) is 43.8 Å². The molecule has 0 fully saturated rings. The smallest absolute Gasteiger partial charge is 0.0702 e. The molecule has 0 saturated carbocycles. The van der Waals surface area contributed by atoms with Crippen LogP contribution in [0.1, 0.15) is 25.1 Å². The maximum absolute atomic E-state index is 6.34. The molecular weight excluding hydrogens is 402 g/mol. The Balaban J connectivity index is 2.07. The fourth-order valence-electron chi connectivity index (χ4n) is 1.95. The molecule has 2 rings (SSSR count). The third kappa shape index (κ3) is 3.87. The lowest BCUT2D eigenvalue weighted by atomic mass is 10.2. The third-order valence-electron chi connectivity index (χ3n) is 2.87. The molecule has 1 atom stereocenters. The van der Waals surface area contributed by atoms with Crippen LogP contribution in [-0.2, 0) is 6.54 Å². The van der Waals surface area contributed by atoms with E-state index in [2.05, 4.69) is 49.9 Å². The van der Waals surface area contributed by atoms with Gasteiger partial charge in [0, 0.05) is 21.7 Å². The summed E-state index contributed by atoms with van der Waals surface area (Å²) in [6, 6.07) is 8.15. The van der Waals surface area contributed by atoms with Gasteiger partial charge in [-0.1, -0.05) is 19.1 Å². The van der Waals surface area contributed by atoms with Crippen molar-refractivity contribution in [2.75, 3.05) is 5.75 Å². The van der Waals surface area contributed by atoms with Crippen molar-refractivity contribution in [2.24, 2.45) is 5.73 Å². The Morgan fingerprint density at radius 1 is 1.30 bits per heavy atom. The van der Waals surface area contributed by atoms with E-state index in [0.717, 1.165) is 33.4 Å². The fourth-order valence-corrected chi connectivity index (χ4v) is 4.07. The van der Waals surface area contributed by atoms with Crippen molar-refractivity contribution in [3.8, 4) is 0 Å². The van der Waals surface area contributed by atoms with Crippen LogP contribution in [0.3, 0.4) is 0 Å². The van der Waals surface area contributed by atoms with E-state index in [1.807, 2.05) is 29.1 Å². The molecule has 3 nitrogen and oxygen atoms in total. The third-order valence-corrected chi connectivity index (χ3v) is 5.63. The zero-order valence-corrected chi connectivity index (χ0v) is 15.2. The van der Waals surface area contributed by atoms with Gasteiger partial charge < -0.3 is 5.73 Å². The van der Waals surface area contributed by atoms with Crippen molar-refractivity contribution in [1.29, 1.82) is 0 Å². The van der Waals surface area contributed by atoms with E-state index < -0.39 is 0 Å². The lowest BCUT2D eigenvalue weighted by Gasteiger charge is -2.15. The molecule has 0 bridgehead atoms. The predicted molar refractivity (Wildman–Crippen MR) is 92.0 cm³/mol.